The fourth-order valence-corrected chi connectivity index (χ4v) is 7.15. The summed E-state index contributed by atoms with van der Waals surface area (Å²) < 4.78 is 47.1. The summed E-state index contributed by atoms with van der Waals surface area (Å²) in [6.45, 7) is 14.9. The predicted octanol–water partition coefficient (Wildman–Crippen LogP) is 4.58. The first-order valence-electron chi connectivity index (χ1n) is 15.4. The molecule has 1 saturated heterocycles. The maximum atomic E-state index is 14.3. The molecule has 1 aliphatic carbocycles. The van der Waals surface area contributed by atoms with Gasteiger partial charge in [0.05, 0.1) is 17.5 Å². The molecule has 0 radical (unpaired) electrons. The van der Waals surface area contributed by atoms with Crippen molar-refractivity contribution < 1.29 is 22.3 Å². The zero-order chi connectivity index (χ0) is 31.4. The molecule has 2 N–H and O–H groups in total. The molecule has 2 aliphatic rings. The number of anilines is 1. The summed E-state index contributed by atoms with van der Waals surface area (Å²) in [5.74, 6) is 1.16. The van der Waals surface area contributed by atoms with Crippen molar-refractivity contribution in [2.75, 3.05) is 36.8 Å². The van der Waals surface area contributed by atoms with Gasteiger partial charge < -0.3 is 19.9 Å². The van der Waals surface area contributed by atoms with Crippen molar-refractivity contribution in [2.24, 2.45) is 11.3 Å². The number of hydrogen-bond acceptors (Lipinski definition) is 8. The number of nitrogens with zero attached hydrogens (tertiary/aromatic N) is 4. The maximum absolute atomic E-state index is 14.3. The number of carbonyl (C=O) groups is 1. The number of benzene rings is 1. The Bertz CT molecular complexity index is 1350. The SMILES string of the molecule is CCS(=O)(=O)N[C@H]1CC[C@H](CNCC2(C)CN(c3ncncc3Oc3ccc(F)cc3C(=O)N(C(C)C)C(C)C)C2)CC1. The lowest BCUT2D eigenvalue weighted by atomic mass is 9.81. The molecule has 1 aromatic heterocycles. The van der Waals surface area contributed by atoms with Gasteiger partial charge in [0.1, 0.15) is 17.9 Å². The molecule has 2 heterocycles. The van der Waals surface area contributed by atoms with Crippen LogP contribution in [-0.2, 0) is 10.0 Å². The Balaban J connectivity index is 1.34. The number of amides is 1. The van der Waals surface area contributed by atoms with Crippen molar-refractivity contribution in [1.29, 1.82) is 0 Å². The van der Waals surface area contributed by atoms with Crippen molar-refractivity contribution in [3.63, 3.8) is 0 Å². The average molecular weight is 619 g/mol. The van der Waals surface area contributed by atoms with Crippen LogP contribution in [0.4, 0.5) is 10.2 Å². The molecule has 10 nitrogen and oxygen atoms in total. The first-order chi connectivity index (χ1) is 20.3. The highest BCUT2D eigenvalue weighted by molar-refractivity contribution is 7.89. The molecule has 43 heavy (non-hydrogen) atoms. The molecule has 1 saturated carbocycles. The van der Waals surface area contributed by atoms with Crippen LogP contribution in [0.15, 0.2) is 30.7 Å². The Hall–Kier alpha value is -2.83. The first kappa shape index (κ1) is 33.1. The number of hydrogen-bond donors (Lipinski definition) is 2. The zero-order valence-electron chi connectivity index (χ0n) is 26.3. The van der Waals surface area contributed by atoms with Crippen LogP contribution in [0.25, 0.3) is 0 Å². The fraction of sp³-hybridized carbons (Fsp3) is 0.645. The summed E-state index contributed by atoms with van der Waals surface area (Å²) in [5, 5.41) is 3.65. The molecule has 238 valence electrons. The number of halogens is 1. The fourth-order valence-electron chi connectivity index (χ4n) is 6.24. The van der Waals surface area contributed by atoms with Gasteiger partial charge in [-0.3, -0.25) is 4.79 Å². The van der Waals surface area contributed by atoms with Crippen LogP contribution in [-0.4, -0.2) is 79.3 Å². The van der Waals surface area contributed by atoms with Gasteiger partial charge >= 0.3 is 0 Å². The van der Waals surface area contributed by atoms with Crippen LogP contribution in [0.3, 0.4) is 0 Å². The molecule has 1 aliphatic heterocycles. The standard InChI is InChI=1S/C31H47FN6O4S/c1-7-43(40,41)36-25-11-8-23(9-12-25)15-33-17-31(6)18-37(19-31)29-28(16-34-20-35-29)42-27-13-10-24(32)14-26(27)30(39)38(21(2)3)22(4)5/h10,13-14,16,20-23,25,33,36H,7-9,11-12,15,17-19H2,1-6H3/t23-,25-. The highest BCUT2D eigenvalue weighted by atomic mass is 32.2. The second kappa shape index (κ2) is 13.9. The minimum atomic E-state index is -3.16. The van der Waals surface area contributed by atoms with Crippen LogP contribution in [0.5, 0.6) is 11.5 Å². The van der Waals surface area contributed by atoms with Crippen molar-refractivity contribution in [3.05, 3.63) is 42.1 Å². The van der Waals surface area contributed by atoms with E-state index in [2.05, 4.69) is 31.8 Å². The van der Waals surface area contributed by atoms with E-state index in [4.69, 9.17) is 4.74 Å². The van der Waals surface area contributed by atoms with Gasteiger partial charge in [-0.25, -0.2) is 27.5 Å². The number of rotatable bonds is 13. The predicted molar refractivity (Wildman–Crippen MR) is 166 cm³/mol. The average Bonchev–Trinajstić information content (AvgIpc) is 2.93. The first-order valence-corrected chi connectivity index (χ1v) is 17.0. The molecule has 1 amide bonds. The van der Waals surface area contributed by atoms with Crippen LogP contribution < -0.4 is 19.7 Å². The van der Waals surface area contributed by atoms with Gasteiger partial charge in [-0.2, -0.15) is 0 Å². The van der Waals surface area contributed by atoms with E-state index in [9.17, 15) is 17.6 Å². The number of ether oxygens (including phenoxy) is 1. The van der Waals surface area contributed by atoms with E-state index in [-0.39, 0.29) is 46.5 Å². The Morgan fingerprint density at radius 1 is 1.14 bits per heavy atom. The minimum absolute atomic E-state index is 0.0439. The van der Waals surface area contributed by atoms with Crippen LogP contribution in [0.1, 0.15) is 77.6 Å². The van der Waals surface area contributed by atoms with E-state index >= 15 is 0 Å². The molecule has 4 rings (SSSR count). The van der Waals surface area contributed by atoms with Gasteiger partial charge in [0.2, 0.25) is 10.0 Å². The molecule has 2 fully saturated rings. The van der Waals surface area contributed by atoms with E-state index in [0.29, 0.717) is 17.5 Å². The lowest BCUT2D eigenvalue weighted by molar-refractivity contribution is 0.0640. The Labute approximate surface area is 255 Å². The van der Waals surface area contributed by atoms with Gasteiger partial charge in [-0.05, 0) is 91.0 Å². The lowest BCUT2D eigenvalue weighted by Crippen LogP contribution is -2.59. The van der Waals surface area contributed by atoms with E-state index in [0.717, 1.165) is 51.9 Å². The van der Waals surface area contributed by atoms with E-state index in [1.807, 2.05) is 27.7 Å². The lowest BCUT2D eigenvalue weighted by Gasteiger charge is -2.49. The van der Waals surface area contributed by atoms with Gasteiger partial charge in [0.25, 0.3) is 5.91 Å². The molecule has 1 aromatic carbocycles. The topological polar surface area (TPSA) is 117 Å². The molecule has 12 heteroatoms. The largest absolute Gasteiger partial charge is 0.451 e. The number of nitrogens with one attached hydrogen (secondary N) is 2. The van der Waals surface area contributed by atoms with Crippen molar-refractivity contribution in [3.8, 4) is 11.5 Å². The summed E-state index contributed by atoms with van der Waals surface area (Å²) in [7, 11) is -3.16. The number of aromatic nitrogens is 2. The highest BCUT2D eigenvalue weighted by Crippen LogP contribution is 2.39. The molecule has 2 aromatic rings. The molecule has 0 spiro atoms. The van der Waals surface area contributed by atoms with Gasteiger partial charge in [0, 0.05) is 43.2 Å². The Morgan fingerprint density at radius 3 is 2.44 bits per heavy atom. The third-order valence-electron chi connectivity index (χ3n) is 8.40. The van der Waals surface area contributed by atoms with Crippen molar-refractivity contribution in [1.82, 2.24) is 24.9 Å². The maximum Gasteiger partial charge on any atom is 0.258 e. The highest BCUT2D eigenvalue weighted by Gasteiger charge is 2.40. The molecule has 0 bridgehead atoms. The second-order valence-corrected chi connectivity index (χ2v) is 14.9. The summed E-state index contributed by atoms with van der Waals surface area (Å²) in [5.41, 5.74) is 0.203. The van der Waals surface area contributed by atoms with E-state index in [1.54, 1.807) is 18.0 Å². The van der Waals surface area contributed by atoms with Crippen LogP contribution in [0.2, 0.25) is 0 Å². The Morgan fingerprint density at radius 2 is 1.81 bits per heavy atom. The molecule has 0 atom stereocenters. The molecular weight excluding hydrogens is 571 g/mol. The Kier molecular flexibility index (Phi) is 10.7. The summed E-state index contributed by atoms with van der Waals surface area (Å²) in [6, 6.07) is 3.91. The van der Waals surface area contributed by atoms with Crippen molar-refractivity contribution in [2.45, 2.75) is 85.4 Å². The quantitative estimate of drug-likeness (QED) is 0.335. The van der Waals surface area contributed by atoms with E-state index < -0.39 is 15.8 Å². The van der Waals surface area contributed by atoms with Crippen LogP contribution in [0, 0.1) is 17.2 Å². The molecule has 0 unspecified atom stereocenters. The van der Waals surface area contributed by atoms with Crippen LogP contribution >= 0.6 is 0 Å². The third-order valence-corrected chi connectivity index (χ3v) is 9.85. The normalized spacial score (nSPS) is 20.3. The second-order valence-electron chi connectivity index (χ2n) is 12.9. The summed E-state index contributed by atoms with van der Waals surface area (Å²) >= 11 is 0. The monoisotopic (exact) mass is 618 g/mol. The minimum Gasteiger partial charge on any atom is -0.451 e. The number of sulfonamides is 1. The van der Waals surface area contributed by atoms with Gasteiger partial charge in [0.15, 0.2) is 11.6 Å². The smallest absolute Gasteiger partial charge is 0.258 e. The van der Waals surface area contributed by atoms with E-state index in [1.165, 1.54) is 24.5 Å². The van der Waals surface area contributed by atoms with Gasteiger partial charge in [-0.15, -0.1) is 0 Å². The summed E-state index contributed by atoms with van der Waals surface area (Å²) in [6.07, 6.45) is 6.82. The van der Waals surface area contributed by atoms with Crippen molar-refractivity contribution >= 4 is 21.7 Å². The number of carbonyl (C=O) groups excluding carboxylic acids is 1. The third kappa shape index (κ3) is 8.42. The zero-order valence-corrected chi connectivity index (χ0v) is 27.1. The molecular formula is C31H47FN6O4S. The summed E-state index contributed by atoms with van der Waals surface area (Å²) in [4.78, 5) is 25.9. The van der Waals surface area contributed by atoms with Gasteiger partial charge in [-0.1, -0.05) is 6.92 Å².